The van der Waals surface area contributed by atoms with E-state index in [9.17, 15) is 9.59 Å². The number of nitrogens with zero attached hydrogens (tertiary/aromatic N) is 4. The van der Waals surface area contributed by atoms with Crippen molar-refractivity contribution in [3.05, 3.63) is 76.7 Å². The number of anilines is 1. The predicted molar refractivity (Wildman–Crippen MR) is 122 cm³/mol. The molecule has 2 amide bonds. The average Bonchev–Trinajstić information content (AvgIpc) is 3.10. The van der Waals surface area contributed by atoms with Gasteiger partial charge in [-0.1, -0.05) is 24.3 Å². The van der Waals surface area contributed by atoms with Crippen molar-refractivity contribution in [1.29, 1.82) is 0 Å². The standard InChI is InChI=1S/C25H26N6O2/c26-23-20-5-6-22(19(20)7-8-27-23)29-24(32)18-10-28-31(14-18)12-16-3-1-15(2-4-16)11-30-13-17-9-21(17)25(30)33/h1-4,7-8,10,14,17,21-22H,5-6,9,11-13H2,(H2,26,27)(H,29,32)/t17?,21-,22?/m0/s1. The van der Waals surface area contributed by atoms with E-state index in [2.05, 4.69) is 39.7 Å². The van der Waals surface area contributed by atoms with Crippen molar-refractivity contribution in [1.82, 2.24) is 25.0 Å². The van der Waals surface area contributed by atoms with Crippen molar-refractivity contribution in [3.63, 3.8) is 0 Å². The number of hydrogen-bond acceptors (Lipinski definition) is 5. The van der Waals surface area contributed by atoms with E-state index in [0.717, 1.165) is 48.1 Å². The maximum atomic E-state index is 12.8. The molecule has 3 aliphatic rings. The quantitative estimate of drug-likeness (QED) is 0.609. The van der Waals surface area contributed by atoms with Gasteiger partial charge >= 0.3 is 0 Å². The number of hydrogen-bond donors (Lipinski definition) is 2. The van der Waals surface area contributed by atoms with Gasteiger partial charge in [0.1, 0.15) is 5.82 Å². The van der Waals surface area contributed by atoms with Gasteiger partial charge in [-0.2, -0.15) is 5.10 Å². The fourth-order valence-electron chi connectivity index (χ4n) is 5.19. The summed E-state index contributed by atoms with van der Waals surface area (Å²) < 4.78 is 1.77. The summed E-state index contributed by atoms with van der Waals surface area (Å²) in [6.07, 6.45) is 7.79. The lowest BCUT2D eigenvalue weighted by atomic mass is 10.1. The lowest BCUT2D eigenvalue weighted by Gasteiger charge is -2.18. The third-order valence-corrected chi connectivity index (χ3v) is 7.13. The van der Waals surface area contributed by atoms with Crippen LogP contribution in [0.3, 0.4) is 0 Å². The SMILES string of the molecule is Nc1nccc2c1CCC2NC(=O)c1cnn(Cc2ccc(CN3CC4C[C@@H]4C3=O)cc2)c1. The van der Waals surface area contributed by atoms with E-state index < -0.39 is 0 Å². The topological polar surface area (TPSA) is 106 Å². The van der Waals surface area contributed by atoms with Crippen LogP contribution in [0.1, 0.15) is 51.5 Å². The Morgan fingerprint density at radius 1 is 1.15 bits per heavy atom. The van der Waals surface area contributed by atoms with Gasteiger partial charge in [0.15, 0.2) is 0 Å². The molecule has 0 spiro atoms. The first-order valence-electron chi connectivity index (χ1n) is 11.5. The van der Waals surface area contributed by atoms with Gasteiger partial charge in [0, 0.05) is 31.4 Å². The van der Waals surface area contributed by atoms with Crippen LogP contribution in [0.4, 0.5) is 5.82 Å². The molecule has 0 bridgehead atoms. The van der Waals surface area contributed by atoms with E-state index in [1.54, 1.807) is 23.3 Å². The van der Waals surface area contributed by atoms with E-state index >= 15 is 0 Å². The second kappa shape index (κ2) is 7.72. The minimum atomic E-state index is -0.141. The molecule has 33 heavy (non-hydrogen) atoms. The number of piperidine rings is 1. The second-order valence-corrected chi connectivity index (χ2v) is 9.39. The van der Waals surface area contributed by atoms with Crippen molar-refractivity contribution in [2.24, 2.45) is 11.8 Å². The molecule has 3 heterocycles. The third-order valence-electron chi connectivity index (χ3n) is 7.13. The number of rotatable bonds is 6. The van der Waals surface area contributed by atoms with Crippen LogP contribution in [-0.4, -0.2) is 38.0 Å². The van der Waals surface area contributed by atoms with E-state index in [1.807, 2.05) is 11.0 Å². The monoisotopic (exact) mass is 442 g/mol. The molecule has 2 aliphatic carbocycles. The Labute approximate surface area is 191 Å². The van der Waals surface area contributed by atoms with Crippen LogP contribution >= 0.6 is 0 Å². The summed E-state index contributed by atoms with van der Waals surface area (Å²) in [5, 5.41) is 7.47. The molecule has 2 fully saturated rings. The van der Waals surface area contributed by atoms with E-state index in [-0.39, 0.29) is 11.9 Å². The van der Waals surface area contributed by atoms with Gasteiger partial charge in [0.25, 0.3) is 5.91 Å². The maximum absolute atomic E-state index is 12.8. The summed E-state index contributed by atoms with van der Waals surface area (Å²) in [5.74, 6) is 1.62. The number of likely N-dealkylation sites (tertiary alicyclic amines) is 1. The summed E-state index contributed by atoms with van der Waals surface area (Å²) in [4.78, 5) is 31.1. The minimum absolute atomic E-state index is 0.0536. The highest BCUT2D eigenvalue weighted by Gasteiger charge is 2.51. The zero-order valence-electron chi connectivity index (χ0n) is 18.3. The third kappa shape index (κ3) is 3.75. The molecule has 1 aromatic carbocycles. The Balaban J connectivity index is 1.06. The zero-order valence-corrected chi connectivity index (χ0v) is 18.3. The number of carbonyl (C=O) groups is 2. The van der Waals surface area contributed by atoms with Crippen molar-refractivity contribution in [2.45, 2.75) is 38.4 Å². The zero-order chi connectivity index (χ0) is 22.5. The molecule has 6 rings (SSSR count). The lowest BCUT2D eigenvalue weighted by Crippen LogP contribution is -2.27. The Morgan fingerprint density at radius 3 is 2.70 bits per heavy atom. The highest BCUT2D eigenvalue weighted by atomic mass is 16.2. The molecule has 2 unspecified atom stereocenters. The molecular formula is C25H26N6O2. The van der Waals surface area contributed by atoms with Gasteiger partial charge in [0.05, 0.1) is 24.3 Å². The van der Waals surface area contributed by atoms with Crippen LogP contribution in [0.5, 0.6) is 0 Å². The molecule has 1 aliphatic heterocycles. The van der Waals surface area contributed by atoms with Crippen molar-refractivity contribution in [2.75, 3.05) is 12.3 Å². The summed E-state index contributed by atoms with van der Waals surface area (Å²) in [5.41, 5.74) is 10.8. The first-order valence-corrected chi connectivity index (χ1v) is 11.5. The van der Waals surface area contributed by atoms with Gasteiger partial charge in [0.2, 0.25) is 5.91 Å². The Hall–Kier alpha value is -3.68. The van der Waals surface area contributed by atoms with E-state index in [4.69, 9.17) is 5.73 Å². The molecule has 2 aromatic heterocycles. The van der Waals surface area contributed by atoms with Gasteiger partial charge in [-0.05, 0) is 53.5 Å². The number of nitrogens with one attached hydrogen (secondary N) is 1. The van der Waals surface area contributed by atoms with Gasteiger partial charge in [-0.3, -0.25) is 14.3 Å². The van der Waals surface area contributed by atoms with Crippen molar-refractivity contribution < 1.29 is 9.59 Å². The first-order chi connectivity index (χ1) is 16.0. The van der Waals surface area contributed by atoms with E-state index in [0.29, 0.717) is 42.2 Å². The number of nitrogen functional groups attached to an aromatic ring is 1. The molecule has 1 saturated carbocycles. The average molecular weight is 443 g/mol. The van der Waals surface area contributed by atoms with Gasteiger partial charge in [-0.15, -0.1) is 0 Å². The van der Waals surface area contributed by atoms with Crippen molar-refractivity contribution in [3.8, 4) is 0 Å². The highest BCUT2D eigenvalue weighted by Crippen LogP contribution is 2.46. The fraction of sp³-hybridized carbons (Fsp3) is 0.360. The minimum Gasteiger partial charge on any atom is -0.383 e. The van der Waals surface area contributed by atoms with Gasteiger partial charge < -0.3 is 16.0 Å². The molecule has 3 aromatic rings. The molecule has 8 nitrogen and oxygen atoms in total. The molecular weight excluding hydrogens is 416 g/mol. The van der Waals surface area contributed by atoms with Crippen LogP contribution < -0.4 is 11.1 Å². The largest absolute Gasteiger partial charge is 0.383 e. The van der Waals surface area contributed by atoms with E-state index in [1.165, 1.54) is 0 Å². The molecule has 3 atom stereocenters. The summed E-state index contributed by atoms with van der Waals surface area (Å²) >= 11 is 0. The summed E-state index contributed by atoms with van der Waals surface area (Å²) in [6.45, 7) is 2.17. The number of benzene rings is 1. The number of amides is 2. The Kier molecular flexibility index (Phi) is 4.67. The number of carbonyl (C=O) groups excluding carboxylic acids is 2. The number of fused-ring (bicyclic) bond motifs is 2. The Bertz CT molecular complexity index is 1230. The number of aromatic nitrogens is 3. The van der Waals surface area contributed by atoms with Crippen LogP contribution in [0, 0.1) is 11.8 Å². The normalized spacial score (nSPS) is 22.8. The molecule has 1 saturated heterocycles. The number of nitrogens with two attached hydrogens (primary N) is 1. The Morgan fingerprint density at radius 2 is 1.94 bits per heavy atom. The van der Waals surface area contributed by atoms with Crippen LogP contribution in [-0.2, 0) is 24.3 Å². The summed E-state index contributed by atoms with van der Waals surface area (Å²) in [6, 6.07) is 10.1. The highest BCUT2D eigenvalue weighted by molar-refractivity contribution is 5.94. The second-order valence-electron chi connectivity index (χ2n) is 9.39. The number of pyridine rings is 1. The van der Waals surface area contributed by atoms with Crippen LogP contribution in [0.25, 0.3) is 0 Å². The first kappa shape index (κ1) is 20.0. The van der Waals surface area contributed by atoms with Crippen molar-refractivity contribution >= 4 is 17.6 Å². The van der Waals surface area contributed by atoms with Crippen LogP contribution in [0.2, 0.25) is 0 Å². The molecule has 3 N–H and O–H groups in total. The van der Waals surface area contributed by atoms with Gasteiger partial charge in [-0.25, -0.2) is 4.98 Å². The summed E-state index contributed by atoms with van der Waals surface area (Å²) in [7, 11) is 0. The molecule has 168 valence electrons. The maximum Gasteiger partial charge on any atom is 0.254 e. The molecule has 0 radical (unpaired) electrons. The smallest absolute Gasteiger partial charge is 0.254 e. The lowest BCUT2D eigenvalue weighted by molar-refractivity contribution is -0.130. The fourth-order valence-corrected chi connectivity index (χ4v) is 5.19. The predicted octanol–water partition coefficient (Wildman–Crippen LogP) is 2.30. The van der Waals surface area contributed by atoms with Crippen LogP contribution in [0.15, 0.2) is 48.9 Å². The molecule has 8 heteroatoms.